The first-order valence-electron chi connectivity index (χ1n) is 8.22. The maximum absolute atomic E-state index is 12.5. The Labute approximate surface area is 156 Å². The molecule has 0 aromatic heterocycles. The van der Waals surface area contributed by atoms with E-state index in [-0.39, 0.29) is 22.3 Å². The van der Waals surface area contributed by atoms with E-state index in [1.807, 2.05) is 0 Å². The van der Waals surface area contributed by atoms with E-state index in [1.54, 1.807) is 0 Å². The summed E-state index contributed by atoms with van der Waals surface area (Å²) in [5.41, 5.74) is 6.10. The normalized spacial score (nSPS) is 13.8. The molecule has 2 amide bonds. The van der Waals surface area contributed by atoms with Crippen molar-refractivity contribution in [3.8, 4) is 5.75 Å². The van der Waals surface area contributed by atoms with Crippen LogP contribution in [-0.4, -0.2) is 33.4 Å². The molecule has 142 valence electrons. The molecule has 1 saturated carbocycles. The first-order chi connectivity index (χ1) is 12.8. The second-order valence-electron chi connectivity index (χ2n) is 6.16. The van der Waals surface area contributed by atoms with Crippen molar-refractivity contribution in [1.82, 2.24) is 4.72 Å². The smallest absolute Gasteiger partial charge is 0.255 e. The summed E-state index contributed by atoms with van der Waals surface area (Å²) in [7, 11) is -2.42. The highest BCUT2D eigenvalue weighted by Crippen LogP contribution is 2.28. The largest absolute Gasteiger partial charge is 0.495 e. The van der Waals surface area contributed by atoms with Crippen LogP contribution in [0.3, 0.4) is 0 Å². The van der Waals surface area contributed by atoms with E-state index in [9.17, 15) is 18.0 Å². The van der Waals surface area contributed by atoms with Gasteiger partial charge in [-0.15, -0.1) is 0 Å². The number of primary amides is 1. The van der Waals surface area contributed by atoms with Crippen molar-refractivity contribution in [2.75, 3.05) is 12.4 Å². The minimum absolute atomic E-state index is 0.0686. The lowest BCUT2D eigenvalue weighted by atomic mass is 10.1. The van der Waals surface area contributed by atoms with Crippen LogP contribution in [0.4, 0.5) is 5.69 Å². The fourth-order valence-electron chi connectivity index (χ4n) is 2.43. The lowest BCUT2D eigenvalue weighted by Crippen LogP contribution is -2.26. The molecule has 0 spiro atoms. The van der Waals surface area contributed by atoms with Gasteiger partial charge >= 0.3 is 0 Å². The van der Waals surface area contributed by atoms with Crippen LogP contribution >= 0.6 is 0 Å². The van der Waals surface area contributed by atoms with Gasteiger partial charge in [0.2, 0.25) is 15.9 Å². The van der Waals surface area contributed by atoms with Crippen LogP contribution in [0.2, 0.25) is 0 Å². The first-order valence-corrected chi connectivity index (χ1v) is 9.70. The summed E-state index contributed by atoms with van der Waals surface area (Å²) in [6.45, 7) is 0. The highest BCUT2D eigenvalue weighted by Gasteiger charge is 2.30. The molecule has 8 nitrogen and oxygen atoms in total. The van der Waals surface area contributed by atoms with Crippen molar-refractivity contribution in [3.63, 3.8) is 0 Å². The number of methoxy groups -OCH3 is 1. The molecule has 2 aromatic carbocycles. The standard InChI is InChI=1S/C18H19N3O5S/c1-26-15-9-4-12(10-16(15)27(24,25)21-14-7-8-14)18(23)20-13-5-2-11(3-6-13)17(19)22/h2-6,9-10,14,21H,7-8H2,1H3,(H2,19,22)(H,20,23). The average Bonchev–Trinajstić information content (AvgIpc) is 3.44. The van der Waals surface area contributed by atoms with Gasteiger partial charge in [0.05, 0.1) is 7.11 Å². The van der Waals surface area contributed by atoms with E-state index in [4.69, 9.17) is 10.5 Å². The SMILES string of the molecule is COc1ccc(C(=O)Nc2ccc(C(N)=O)cc2)cc1S(=O)(=O)NC1CC1. The Morgan fingerprint density at radius 2 is 1.70 bits per heavy atom. The predicted octanol–water partition coefficient (Wildman–Crippen LogP) is 1.49. The summed E-state index contributed by atoms with van der Waals surface area (Å²) in [6, 6.07) is 10.2. The van der Waals surface area contributed by atoms with E-state index >= 15 is 0 Å². The zero-order valence-electron chi connectivity index (χ0n) is 14.6. The van der Waals surface area contributed by atoms with Gasteiger partial charge in [-0.2, -0.15) is 0 Å². The van der Waals surface area contributed by atoms with E-state index < -0.39 is 21.8 Å². The summed E-state index contributed by atoms with van der Waals surface area (Å²) < 4.78 is 32.8. The number of sulfonamides is 1. The molecular weight excluding hydrogens is 370 g/mol. The lowest BCUT2D eigenvalue weighted by Gasteiger charge is -2.12. The molecule has 0 heterocycles. The summed E-state index contributed by atoms with van der Waals surface area (Å²) in [5.74, 6) is -0.904. The zero-order chi connectivity index (χ0) is 19.6. The van der Waals surface area contributed by atoms with Crippen molar-refractivity contribution in [2.45, 2.75) is 23.8 Å². The minimum atomic E-state index is -3.79. The van der Waals surface area contributed by atoms with Gasteiger partial charge < -0.3 is 15.8 Å². The van der Waals surface area contributed by atoms with Gasteiger partial charge in [0, 0.05) is 22.9 Å². The molecule has 9 heteroatoms. The minimum Gasteiger partial charge on any atom is -0.495 e. The van der Waals surface area contributed by atoms with Gasteiger partial charge in [0.1, 0.15) is 10.6 Å². The molecule has 3 rings (SSSR count). The fraction of sp³-hybridized carbons (Fsp3) is 0.222. The number of carbonyl (C=O) groups is 2. The van der Waals surface area contributed by atoms with E-state index in [2.05, 4.69) is 10.0 Å². The van der Waals surface area contributed by atoms with Crippen LogP contribution in [0.1, 0.15) is 33.6 Å². The van der Waals surface area contributed by atoms with Gasteiger partial charge in [-0.1, -0.05) is 0 Å². The third-order valence-corrected chi connectivity index (χ3v) is 5.58. The average molecular weight is 389 g/mol. The molecule has 1 fully saturated rings. The van der Waals surface area contributed by atoms with Crippen LogP contribution in [0.15, 0.2) is 47.4 Å². The highest BCUT2D eigenvalue weighted by atomic mass is 32.2. The number of hydrogen-bond donors (Lipinski definition) is 3. The van der Waals surface area contributed by atoms with Crippen molar-refractivity contribution < 1.29 is 22.7 Å². The molecule has 4 N–H and O–H groups in total. The van der Waals surface area contributed by atoms with Gasteiger partial charge in [0.25, 0.3) is 5.91 Å². The van der Waals surface area contributed by atoms with Crippen molar-refractivity contribution in [1.29, 1.82) is 0 Å². The monoisotopic (exact) mass is 389 g/mol. The maximum atomic E-state index is 12.5. The molecule has 0 unspecified atom stereocenters. The lowest BCUT2D eigenvalue weighted by molar-refractivity contribution is 0.0998. The molecule has 0 radical (unpaired) electrons. The van der Waals surface area contributed by atoms with Crippen LogP contribution in [0.5, 0.6) is 5.75 Å². The summed E-state index contributed by atoms with van der Waals surface area (Å²) in [5, 5.41) is 2.65. The summed E-state index contributed by atoms with van der Waals surface area (Å²) in [6.07, 6.45) is 1.59. The molecular formula is C18H19N3O5S. The van der Waals surface area contributed by atoms with Gasteiger partial charge in [-0.3, -0.25) is 9.59 Å². The second kappa shape index (κ2) is 7.37. The summed E-state index contributed by atoms with van der Waals surface area (Å²) >= 11 is 0. The highest BCUT2D eigenvalue weighted by molar-refractivity contribution is 7.89. The van der Waals surface area contributed by atoms with Crippen LogP contribution < -0.4 is 20.5 Å². The topological polar surface area (TPSA) is 128 Å². The maximum Gasteiger partial charge on any atom is 0.255 e. The number of nitrogens with two attached hydrogens (primary N) is 1. The van der Waals surface area contributed by atoms with Gasteiger partial charge in [-0.25, -0.2) is 13.1 Å². The molecule has 1 aliphatic rings. The van der Waals surface area contributed by atoms with E-state index in [1.165, 1.54) is 49.6 Å². The second-order valence-corrected chi connectivity index (χ2v) is 7.84. The number of anilines is 1. The third kappa shape index (κ3) is 4.44. The number of hydrogen-bond acceptors (Lipinski definition) is 5. The number of nitrogens with one attached hydrogen (secondary N) is 2. The third-order valence-electron chi connectivity index (χ3n) is 4.04. The van der Waals surface area contributed by atoms with Crippen molar-refractivity contribution in [3.05, 3.63) is 53.6 Å². The number of amides is 2. The van der Waals surface area contributed by atoms with Crippen LogP contribution in [-0.2, 0) is 10.0 Å². The Morgan fingerprint density at radius 3 is 2.26 bits per heavy atom. The van der Waals surface area contributed by atoms with E-state index in [0.717, 1.165) is 12.8 Å². The summed E-state index contributed by atoms with van der Waals surface area (Å²) in [4.78, 5) is 23.5. The molecule has 27 heavy (non-hydrogen) atoms. The molecule has 2 aromatic rings. The molecule has 0 atom stereocenters. The van der Waals surface area contributed by atoms with Gasteiger partial charge in [0.15, 0.2) is 0 Å². The number of rotatable bonds is 7. The molecule has 0 aliphatic heterocycles. The zero-order valence-corrected chi connectivity index (χ0v) is 15.4. The van der Waals surface area contributed by atoms with Crippen LogP contribution in [0, 0.1) is 0 Å². The van der Waals surface area contributed by atoms with Gasteiger partial charge in [-0.05, 0) is 55.3 Å². The number of ether oxygens (including phenoxy) is 1. The first kappa shape index (κ1) is 18.9. The Morgan fingerprint density at radius 1 is 1.07 bits per heavy atom. The van der Waals surface area contributed by atoms with Crippen LogP contribution in [0.25, 0.3) is 0 Å². The number of benzene rings is 2. The van der Waals surface area contributed by atoms with E-state index in [0.29, 0.717) is 11.3 Å². The Hall–Kier alpha value is -2.91. The van der Waals surface area contributed by atoms with Crippen molar-refractivity contribution in [2.24, 2.45) is 5.73 Å². The quantitative estimate of drug-likeness (QED) is 0.661. The Balaban J connectivity index is 1.84. The molecule has 0 saturated heterocycles. The Bertz CT molecular complexity index is 983. The van der Waals surface area contributed by atoms with Crippen molar-refractivity contribution >= 4 is 27.5 Å². The molecule has 0 bridgehead atoms. The fourth-order valence-corrected chi connectivity index (χ4v) is 3.93. The Kier molecular flexibility index (Phi) is 5.15. The number of carbonyl (C=O) groups excluding carboxylic acids is 2. The predicted molar refractivity (Wildman–Crippen MR) is 99.3 cm³/mol. The molecule has 1 aliphatic carbocycles.